The van der Waals surface area contributed by atoms with E-state index in [1.165, 1.54) is 0 Å². The Labute approximate surface area is 116 Å². The lowest BCUT2D eigenvalue weighted by molar-refractivity contribution is -0.385. The van der Waals surface area contributed by atoms with Gasteiger partial charge < -0.3 is 5.32 Å². The van der Waals surface area contributed by atoms with Crippen LogP contribution >= 0.6 is 15.9 Å². The maximum absolute atomic E-state index is 11.0. The number of halogens is 1. The predicted molar refractivity (Wildman–Crippen MR) is 76.8 cm³/mol. The lowest BCUT2D eigenvalue weighted by atomic mass is 9.83. The van der Waals surface area contributed by atoms with Crippen LogP contribution in [0.25, 0.3) is 0 Å². The fraction of sp³-hybridized carbons (Fsp3) is 0.538. The third-order valence-electron chi connectivity index (χ3n) is 3.06. The van der Waals surface area contributed by atoms with Crippen LogP contribution in [-0.4, -0.2) is 18.0 Å². The number of likely N-dealkylation sites (N-methyl/N-ethyl adjacent to an activating group) is 1. The van der Waals surface area contributed by atoms with E-state index in [0.29, 0.717) is 6.42 Å². The maximum Gasteiger partial charge on any atom is 0.272 e. The van der Waals surface area contributed by atoms with Crippen molar-refractivity contribution >= 4 is 21.6 Å². The molecule has 0 radical (unpaired) electrons. The smallest absolute Gasteiger partial charge is 0.272 e. The molecule has 0 aromatic heterocycles. The van der Waals surface area contributed by atoms with Crippen molar-refractivity contribution in [3.63, 3.8) is 0 Å². The van der Waals surface area contributed by atoms with Crippen LogP contribution in [0.2, 0.25) is 0 Å². The van der Waals surface area contributed by atoms with Crippen molar-refractivity contribution in [2.24, 2.45) is 5.41 Å². The van der Waals surface area contributed by atoms with E-state index < -0.39 is 0 Å². The summed E-state index contributed by atoms with van der Waals surface area (Å²) < 4.78 is 0.867. The van der Waals surface area contributed by atoms with E-state index in [4.69, 9.17) is 0 Å². The summed E-state index contributed by atoms with van der Waals surface area (Å²) >= 11 is 3.36. The summed E-state index contributed by atoms with van der Waals surface area (Å²) in [6, 6.07) is 5.27. The van der Waals surface area contributed by atoms with Gasteiger partial charge in [0.15, 0.2) is 0 Å². The number of hydrogen-bond donors (Lipinski definition) is 1. The molecule has 1 rings (SSSR count). The maximum atomic E-state index is 11.0. The molecule has 0 aliphatic carbocycles. The van der Waals surface area contributed by atoms with Crippen LogP contribution in [0.4, 0.5) is 5.69 Å². The van der Waals surface area contributed by atoms with Gasteiger partial charge in [-0.05, 0) is 31.0 Å². The molecule has 1 aromatic carbocycles. The van der Waals surface area contributed by atoms with E-state index >= 15 is 0 Å². The zero-order valence-corrected chi connectivity index (χ0v) is 12.7. The second kappa shape index (κ2) is 5.80. The van der Waals surface area contributed by atoms with Crippen molar-refractivity contribution in [1.82, 2.24) is 5.32 Å². The Morgan fingerprint density at radius 3 is 2.50 bits per heavy atom. The minimum Gasteiger partial charge on any atom is -0.316 e. The highest BCUT2D eigenvalue weighted by molar-refractivity contribution is 9.10. The van der Waals surface area contributed by atoms with E-state index in [0.717, 1.165) is 10.0 Å². The molecule has 5 heteroatoms. The van der Waals surface area contributed by atoms with Gasteiger partial charge in [-0.25, -0.2) is 0 Å². The van der Waals surface area contributed by atoms with E-state index in [1.807, 2.05) is 13.1 Å². The number of benzene rings is 1. The largest absolute Gasteiger partial charge is 0.316 e. The first-order chi connectivity index (χ1) is 8.25. The first kappa shape index (κ1) is 15.1. The molecular weight excluding hydrogens is 296 g/mol. The molecule has 0 spiro atoms. The topological polar surface area (TPSA) is 55.2 Å². The molecule has 0 bridgehead atoms. The fourth-order valence-electron chi connectivity index (χ4n) is 1.96. The Kier molecular flexibility index (Phi) is 4.87. The van der Waals surface area contributed by atoms with Gasteiger partial charge in [0.25, 0.3) is 5.69 Å². The quantitative estimate of drug-likeness (QED) is 0.683. The summed E-state index contributed by atoms with van der Waals surface area (Å²) in [4.78, 5) is 10.7. The van der Waals surface area contributed by atoms with Gasteiger partial charge >= 0.3 is 0 Å². The molecule has 0 aliphatic heterocycles. The third kappa shape index (κ3) is 3.78. The predicted octanol–water partition coefficient (Wildman–Crippen LogP) is 3.53. The lowest BCUT2D eigenvalue weighted by Crippen LogP contribution is -2.39. The summed E-state index contributed by atoms with van der Waals surface area (Å²) in [5, 5.41) is 14.3. The molecule has 18 heavy (non-hydrogen) atoms. The molecule has 100 valence electrons. The van der Waals surface area contributed by atoms with E-state index in [9.17, 15) is 10.1 Å². The van der Waals surface area contributed by atoms with Gasteiger partial charge in [-0.2, -0.15) is 0 Å². The number of nitro benzene ring substituents is 1. The van der Waals surface area contributed by atoms with E-state index in [-0.39, 0.29) is 22.1 Å². The zero-order chi connectivity index (χ0) is 13.9. The van der Waals surface area contributed by atoms with Crippen LogP contribution in [-0.2, 0) is 6.42 Å². The highest BCUT2D eigenvalue weighted by atomic mass is 79.9. The van der Waals surface area contributed by atoms with Gasteiger partial charge in [-0.1, -0.05) is 36.7 Å². The summed E-state index contributed by atoms with van der Waals surface area (Å²) in [5.41, 5.74) is 0.983. The van der Waals surface area contributed by atoms with Crippen molar-refractivity contribution in [2.75, 3.05) is 7.05 Å². The Bertz CT molecular complexity index is 441. The Hall–Kier alpha value is -0.940. The molecule has 1 unspecified atom stereocenters. The molecule has 1 atom stereocenters. The second-order valence-electron chi connectivity index (χ2n) is 5.44. The average Bonchev–Trinajstić information content (AvgIpc) is 2.23. The van der Waals surface area contributed by atoms with Crippen LogP contribution in [0.15, 0.2) is 22.7 Å². The van der Waals surface area contributed by atoms with E-state index in [2.05, 4.69) is 42.0 Å². The van der Waals surface area contributed by atoms with E-state index in [1.54, 1.807) is 12.1 Å². The minimum atomic E-state index is -0.322. The number of nitrogens with zero attached hydrogens (tertiary/aromatic N) is 1. The van der Waals surface area contributed by atoms with Crippen molar-refractivity contribution in [3.05, 3.63) is 38.3 Å². The first-order valence-electron chi connectivity index (χ1n) is 5.85. The summed E-state index contributed by atoms with van der Waals surface area (Å²) in [6.07, 6.45) is 0.635. The van der Waals surface area contributed by atoms with Gasteiger partial charge in [-0.15, -0.1) is 0 Å². The molecular formula is C13H19BrN2O2. The zero-order valence-electron chi connectivity index (χ0n) is 11.2. The Balaban J connectivity index is 3.09. The monoisotopic (exact) mass is 314 g/mol. The number of hydrogen-bond acceptors (Lipinski definition) is 3. The van der Waals surface area contributed by atoms with Gasteiger partial charge in [0.2, 0.25) is 0 Å². The second-order valence-corrected chi connectivity index (χ2v) is 6.36. The third-order valence-corrected chi connectivity index (χ3v) is 3.55. The number of nitro groups is 1. The van der Waals surface area contributed by atoms with Crippen molar-refractivity contribution in [3.8, 4) is 0 Å². The van der Waals surface area contributed by atoms with Crippen molar-refractivity contribution < 1.29 is 4.92 Å². The average molecular weight is 315 g/mol. The Morgan fingerprint density at radius 2 is 2.06 bits per heavy atom. The highest BCUT2D eigenvalue weighted by Gasteiger charge is 2.26. The van der Waals surface area contributed by atoms with Gasteiger partial charge in [0, 0.05) is 22.1 Å². The van der Waals surface area contributed by atoms with Crippen molar-refractivity contribution in [1.29, 1.82) is 0 Å². The summed E-state index contributed by atoms with van der Waals surface area (Å²) in [5.74, 6) is 0. The molecule has 0 fully saturated rings. The SMILES string of the molecule is CNC(Cc1cc(Br)ccc1[N+](=O)[O-])C(C)(C)C. The summed E-state index contributed by atoms with van der Waals surface area (Å²) in [7, 11) is 1.89. The van der Waals surface area contributed by atoms with Gasteiger partial charge in [0.05, 0.1) is 4.92 Å². The normalized spacial score (nSPS) is 13.4. The standard InChI is InChI=1S/C13H19BrN2O2/c1-13(2,3)12(15-4)8-9-7-10(14)5-6-11(9)16(17)18/h5-7,12,15H,8H2,1-4H3. The molecule has 4 nitrogen and oxygen atoms in total. The van der Waals surface area contributed by atoms with Crippen molar-refractivity contribution in [2.45, 2.75) is 33.2 Å². The lowest BCUT2D eigenvalue weighted by Gasteiger charge is -2.30. The van der Waals surface area contributed by atoms with Crippen LogP contribution in [0.3, 0.4) is 0 Å². The molecule has 1 aromatic rings. The molecule has 0 aliphatic rings. The van der Waals surface area contributed by atoms with Gasteiger partial charge in [0.1, 0.15) is 0 Å². The minimum absolute atomic E-state index is 0.0466. The van der Waals surface area contributed by atoms with Crippen LogP contribution in [0, 0.1) is 15.5 Å². The van der Waals surface area contributed by atoms with Crippen LogP contribution in [0.5, 0.6) is 0 Å². The van der Waals surface area contributed by atoms with Gasteiger partial charge in [-0.3, -0.25) is 10.1 Å². The molecule has 0 saturated carbocycles. The number of rotatable bonds is 4. The molecule has 1 N–H and O–H groups in total. The fourth-order valence-corrected chi connectivity index (χ4v) is 2.37. The van der Waals surface area contributed by atoms with Crippen LogP contribution < -0.4 is 5.32 Å². The molecule has 0 amide bonds. The highest BCUT2D eigenvalue weighted by Crippen LogP contribution is 2.28. The molecule has 0 saturated heterocycles. The first-order valence-corrected chi connectivity index (χ1v) is 6.65. The van der Waals surface area contributed by atoms with Crippen LogP contribution in [0.1, 0.15) is 26.3 Å². The Morgan fingerprint density at radius 1 is 1.44 bits per heavy atom. The summed E-state index contributed by atoms with van der Waals surface area (Å²) in [6.45, 7) is 6.37. The molecule has 0 heterocycles. The number of nitrogens with one attached hydrogen (secondary N) is 1.